The van der Waals surface area contributed by atoms with Crippen LogP contribution in [0.3, 0.4) is 0 Å². The quantitative estimate of drug-likeness (QED) is 0.438. The van der Waals surface area contributed by atoms with Crippen molar-refractivity contribution >= 4 is 15.7 Å². The number of aromatic nitrogens is 1. The van der Waals surface area contributed by atoms with E-state index in [2.05, 4.69) is 10.3 Å². The Morgan fingerprint density at radius 1 is 0.900 bits per heavy atom. The number of nitrogens with one attached hydrogen (secondary N) is 1. The second-order valence-electron chi connectivity index (χ2n) is 7.12. The zero-order valence-electron chi connectivity index (χ0n) is 16.7. The Morgan fingerprint density at radius 3 is 2.23 bits per heavy atom. The highest BCUT2D eigenvalue weighted by Gasteiger charge is 2.29. The molecule has 1 heterocycles. The number of aryl methyl sites for hydroxylation is 1. The van der Waals surface area contributed by atoms with E-state index >= 15 is 0 Å². The number of sulfone groups is 1. The van der Waals surface area contributed by atoms with Crippen molar-refractivity contribution < 1.29 is 12.8 Å². The molecule has 0 aliphatic carbocycles. The predicted octanol–water partition coefficient (Wildman–Crippen LogP) is 5.66. The van der Waals surface area contributed by atoms with Gasteiger partial charge in [0.25, 0.3) is 0 Å². The molecule has 6 heteroatoms. The first kappa shape index (κ1) is 19.9. The molecule has 0 fully saturated rings. The lowest BCUT2D eigenvalue weighted by Gasteiger charge is -2.14. The van der Waals surface area contributed by atoms with Gasteiger partial charge in [0.15, 0.2) is 0 Å². The molecular weight excluding hydrogens is 396 g/mol. The number of hydrogen-bond acceptors (Lipinski definition) is 5. The summed E-state index contributed by atoms with van der Waals surface area (Å²) in [4.78, 5) is 4.57. The van der Waals surface area contributed by atoms with Gasteiger partial charge in [-0.15, -0.1) is 0 Å². The van der Waals surface area contributed by atoms with E-state index in [-0.39, 0.29) is 27.7 Å². The lowest BCUT2D eigenvalue weighted by molar-refractivity contribution is 0.570. The van der Waals surface area contributed by atoms with E-state index in [0.717, 1.165) is 16.7 Å². The van der Waals surface area contributed by atoms with Gasteiger partial charge in [0.2, 0.25) is 26.6 Å². The van der Waals surface area contributed by atoms with E-state index in [1.165, 1.54) is 0 Å². The fraction of sp³-hybridized carbons (Fsp3) is 0.125. The van der Waals surface area contributed by atoms with Crippen LogP contribution in [0, 0.1) is 6.92 Å². The fourth-order valence-electron chi connectivity index (χ4n) is 3.21. The Hall–Kier alpha value is -3.38. The van der Waals surface area contributed by atoms with Crippen molar-refractivity contribution in [2.24, 2.45) is 0 Å². The summed E-state index contributed by atoms with van der Waals surface area (Å²) >= 11 is 0. The number of anilines is 1. The molecule has 30 heavy (non-hydrogen) atoms. The molecule has 0 aliphatic rings. The molecule has 0 saturated heterocycles. The molecule has 0 spiro atoms. The average Bonchev–Trinajstić information content (AvgIpc) is 3.20. The summed E-state index contributed by atoms with van der Waals surface area (Å²) in [5, 5.41) is 3.08. The first-order valence-corrected chi connectivity index (χ1v) is 11.1. The SMILES string of the molecule is Cc1cccc(-c2nc(S(=O)(=O)c3ccccc3)c(NC(C)c3ccccc3)o2)c1. The Kier molecular flexibility index (Phi) is 5.42. The van der Waals surface area contributed by atoms with Gasteiger partial charge in [-0.05, 0) is 43.7 Å². The molecule has 0 aliphatic heterocycles. The van der Waals surface area contributed by atoms with Gasteiger partial charge in [-0.3, -0.25) is 0 Å². The van der Waals surface area contributed by atoms with E-state index in [1.54, 1.807) is 30.3 Å². The maximum Gasteiger partial charge on any atom is 0.234 e. The standard InChI is InChI=1S/C24H22N2O3S/c1-17-10-9-13-20(16-17)22-26-24(30(27,28)21-14-7-4-8-15-21)23(29-22)25-18(2)19-11-5-3-6-12-19/h3-16,18,25H,1-2H3. The summed E-state index contributed by atoms with van der Waals surface area (Å²) in [7, 11) is -3.86. The third-order valence-corrected chi connectivity index (χ3v) is 6.49. The molecule has 0 radical (unpaired) electrons. The first-order chi connectivity index (χ1) is 14.4. The molecule has 1 aromatic heterocycles. The van der Waals surface area contributed by atoms with Crippen molar-refractivity contribution in [1.82, 2.24) is 4.98 Å². The smallest absolute Gasteiger partial charge is 0.234 e. The first-order valence-electron chi connectivity index (χ1n) is 9.64. The van der Waals surface area contributed by atoms with E-state index in [1.807, 2.05) is 68.4 Å². The topological polar surface area (TPSA) is 72.2 Å². The van der Waals surface area contributed by atoms with Gasteiger partial charge >= 0.3 is 0 Å². The largest absolute Gasteiger partial charge is 0.419 e. The third-order valence-electron chi connectivity index (χ3n) is 4.82. The second kappa shape index (κ2) is 8.16. The van der Waals surface area contributed by atoms with Crippen LogP contribution in [0.25, 0.3) is 11.5 Å². The Labute approximate surface area is 176 Å². The van der Waals surface area contributed by atoms with Gasteiger partial charge in [0.05, 0.1) is 10.9 Å². The van der Waals surface area contributed by atoms with Crippen LogP contribution in [0.15, 0.2) is 99.3 Å². The van der Waals surface area contributed by atoms with Gasteiger partial charge in [0.1, 0.15) is 0 Å². The summed E-state index contributed by atoms with van der Waals surface area (Å²) in [6, 6.07) is 25.5. The summed E-state index contributed by atoms with van der Waals surface area (Å²) < 4.78 is 32.6. The van der Waals surface area contributed by atoms with Crippen LogP contribution >= 0.6 is 0 Å². The molecule has 0 amide bonds. The van der Waals surface area contributed by atoms with E-state index in [4.69, 9.17) is 4.42 Å². The monoisotopic (exact) mass is 418 g/mol. The number of rotatable bonds is 6. The molecule has 152 valence electrons. The molecule has 0 saturated carbocycles. The Balaban J connectivity index is 1.81. The molecule has 5 nitrogen and oxygen atoms in total. The molecule has 4 rings (SSSR count). The van der Waals surface area contributed by atoms with Crippen molar-refractivity contribution in [3.8, 4) is 11.5 Å². The number of benzene rings is 3. The van der Waals surface area contributed by atoms with Crippen molar-refractivity contribution in [2.45, 2.75) is 29.8 Å². The lowest BCUT2D eigenvalue weighted by atomic mass is 10.1. The summed E-state index contributed by atoms with van der Waals surface area (Å²) in [5.41, 5.74) is 2.76. The number of oxazole rings is 1. The highest BCUT2D eigenvalue weighted by molar-refractivity contribution is 7.91. The van der Waals surface area contributed by atoms with E-state index in [0.29, 0.717) is 0 Å². The molecule has 1 N–H and O–H groups in total. The van der Waals surface area contributed by atoms with E-state index < -0.39 is 9.84 Å². The van der Waals surface area contributed by atoms with Crippen molar-refractivity contribution in [2.75, 3.05) is 5.32 Å². The van der Waals surface area contributed by atoms with Crippen LogP contribution in [0.2, 0.25) is 0 Å². The van der Waals surface area contributed by atoms with Gasteiger partial charge in [-0.2, -0.15) is 4.98 Å². The summed E-state index contributed by atoms with van der Waals surface area (Å²) in [6.07, 6.45) is 0. The maximum absolute atomic E-state index is 13.3. The summed E-state index contributed by atoms with van der Waals surface area (Å²) in [6.45, 7) is 3.91. The fourth-order valence-corrected chi connectivity index (χ4v) is 4.50. The van der Waals surface area contributed by atoms with Crippen LogP contribution in [0.1, 0.15) is 24.1 Å². The molecule has 0 bridgehead atoms. The highest BCUT2D eigenvalue weighted by atomic mass is 32.2. The average molecular weight is 419 g/mol. The zero-order chi connectivity index (χ0) is 21.1. The molecule has 1 atom stereocenters. The third kappa shape index (κ3) is 4.00. The van der Waals surface area contributed by atoms with Crippen molar-refractivity contribution in [3.05, 3.63) is 96.1 Å². The molecule has 1 unspecified atom stereocenters. The molecular formula is C24H22N2O3S. The van der Waals surface area contributed by atoms with Crippen LogP contribution in [0.5, 0.6) is 0 Å². The normalized spacial score (nSPS) is 12.5. The Morgan fingerprint density at radius 2 is 1.57 bits per heavy atom. The van der Waals surface area contributed by atoms with Crippen molar-refractivity contribution in [1.29, 1.82) is 0 Å². The highest BCUT2D eigenvalue weighted by Crippen LogP contribution is 2.34. The number of hydrogen-bond donors (Lipinski definition) is 1. The molecule has 3 aromatic carbocycles. The van der Waals surface area contributed by atoms with Gasteiger partial charge < -0.3 is 9.73 Å². The minimum Gasteiger partial charge on any atom is -0.419 e. The predicted molar refractivity (Wildman–Crippen MR) is 117 cm³/mol. The van der Waals surface area contributed by atoms with Crippen LogP contribution in [0.4, 0.5) is 5.88 Å². The number of nitrogens with zero attached hydrogens (tertiary/aromatic N) is 1. The van der Waals surface area contributed by atoms with Crippen LogP contribution in [-0.4, -0.2) is 13.4 Å². The van der Waals surface area contributed by atoms with Crippen molar-refractivity contribution in [3.63, 3.8) is 0 Å². The second-order valence-corrected chi connectivity index (χ2v) is 8.98. The Bertz CT molecular complexity index is 1250. The molecule has 4 aromatic rings. The van der Waals surface area contributed by atoms with Gasteiger partial charge in [-0.25, -0.2) is 8.42 Å². The summed E-state index contributed by atoms with van der Waals surface area (Å²) in [5.74, 6) is 0.391. The lowest BCUT2D eigenvalue weighted by Crippen LogP contribution is -2.10. The van der Waals surface area contributed by atoms with Crippen LogP contribution in [-0.2, 0) is 9.84 Å². The minimum atomic E-state index is -3.86. The van der Waals surface area contributed by atoms with Gasteiger partial charge in [-0.1, -0.05) is 66.2 Å². The minimum absolute atomic E-state index is 0.118. The maximum atomic E-state index is 13.3. The van der Waals surface area contributed by atoms with E-state index in [9.17, 15) is 8.42 Å². The van der Waals surface area contributed by atoms with Crippen LogP contribution < -0.4 is 5.32 Å². The zero-order valence-corrected chi connectivity index (χ0v) is 17.6. The van der Waals surface area contributed by atoms with Gasteiger partial charge in [0, 0.05) is 5.56 Å².